The number of allylic oxidation sites excluding steroid dienone is 1. The SMILES string of the molecule is C=C(CC1CC1)c1c(N)sc(C)c1C. The maximum atomic E-state index is 6.00. The van der Waals surface area contributed by atoms with Crippen LogP contribution in [0.3, 0.4) is 0 Å². The van der Waals surface area contributed by atoms with E-state index in [0.717, 1.165) is 17.3 Å². The van der Waals surface area contributed by atoms with Crippen molar-refractivity contribution >= 4 is 21.9 Å². The van der Waals surface area contributed by atoms with Crippen LogP contribution in [0, 0.1) is 19.8 Å². The Labute approximate surface area is 89.6 Å². The molecule has 1 nitrogen and oxygen atoms in total. The summed E-state index contributed by atoms with van der Waals surface area (Å²) in [7, 11) is 0. The first-order valence-corrected chi connectivity index (χ1v) is 5.95. The van der Waals surface area contributed by atoms with Gasteiger partial charge in [0, 0.05) is 10.4 Å². The van der Waals surface area contributed by atoms with Gasteiger partial charge in [-0.2, -0.15) is 0 Å². The van der Waals surface area contributed by atoms with Gasteiger partial charge in [-0.05, 0) is 50.2 Å². The van der Waals surface area contributed by atoms with Gasteiger partial charge in [-0.25, -0.2) is 0 Å². The van der Waals surface area contributed by atoms with Crippen molar-refractivity contribution in [1.82, 2.24) is 0 Å². The van der Waals surface area contributed by atoms with Gasteiger partial charge in [0.1, 0.15) is 0 Å². The number of nitrogen functional groups attached to an aromatic ring is 1. The van der Waals surface area contributed by atoms with Crippen molar-refractivity contribution in [3.05, 3.63) is 22.6 Å². The molecule has 1 aromatic heterocycles. The summed E-state index contributed by atoms with van der Waals surface area (Å²) < 4.78 is 0. The fourth-order valence-corrected chi connectivity index (χ4v) is 2.85. The zero-order valence-corrected chi connectivity index (χ0v) is 9.71. The van der Waals surface area contributed by atoms with Crippen LogP contribution < -0.4 is 5.73 Å². The monoisotopic (exact) mass is 207 g/mol. The van der Waals surface area contributed by atoms with E-state index in [0.29, 0.717) is 0 Å². The summed E-state index contributed by atoms with van der Waals surface area (Å²) in [5.41, 5.74) is 9.81. The fourth-order valence-electron chi connectivity index (χ4n) is 1.87. The summed E-state index contributed by atoms with van der Waals surface area (Å²) in [6, 6.07) is 0. The van der Waals surface area contributed by atoms with Crippen LogP contribution >= 0.6 is 11.3 Å². The maximum Gasteiger partial charge on any atom is 0.0938 e. The number of thiophene rings is 1. The summed E-state index contributed by atoms with van der Waals surface area (Å²) in [6.45, 7) is 8.44. The summed E-state index contributed by atoms with van der Waals surface area (Å²) >= 11 is 1.69. The van der Waals surface area contributed by atoms with Gasteiger partial charge in [-0.15, -0.1) is 11.3 Å². The quantitative estimate of drug-likeness (QED) is 0.802. The van der Waals surface area contributed by atoms with Crippen molar-refractivity contribution in [1.29, 1.82) is 0 Å². The van der Waals surface area contributed by atoms with Gasteiger partial charge in [0.15, 0.2) is 0 Å². The molecule has 2 N–H and O–H groups in total. The maximum absolute atomic E-state index is 6.00. The molecule has 0 atom stereocenters. The van der Waals surface area contributed by atoms with Gasteiger partial charge < -0.3 is 5.73 Å². The lowest BCUT2D eigenvalue weighted by Gasteiger charge is -2.05. The van der Waals surface area contributed by atoms with E-state index in [1.807, 2.05) is 0 Å². The molecule has 0 aliphatic heterocycles. The molecule has 1 aromatic rings. The smallest absolute Gasteiger partial charge is 0.0938 e. The standard InChI is InChI=1S/C12H17NS/c1-7(6-10-4-5-10)11-8(2)9(3)14-12(11)13/h10H,1,4-6,13H2,2-3H3. The van der Waals surface area contributed by atoms with Gasteiger partial charge in [-0.1, -0.05) is 6.58 Å². The van der Waals surface area contributed by atoms with Crippen LogP contribution in [0.15, 0.2) is 6.58 Å². The molecule has 1 saturated carbocycles. The van der Waals surface area contributed by atoms with Gasteiger partial charge in [-0.3, -0.25) is 0 Å². The number of hydrogen-bond acceptors (Lipinski definition) is 2. The molecule has 14 heavy (non-hydrogen) atoms. The number of nitrogens with two attached hydrogens (primary N) is 1. The molecule has 76 valence electrons. The Kier molecular flexibility index (Phi) is 2.40. The highest BCUT2D eigenvalue weighted by Gasteiger charge is 2.24. The third-order valence-corrected chi connectivity index (χ3v) is 4.03. The van der Waals surface area contributed by atoms with E-state index in [2.05, 4.69) is 20.4 Å². The van der Waals surface area contributed by atoms with Crippen LogP contribution in [0.2, 0.25) is 0 Å². The summed E-state index contributed by atoms with van der Waals surface area (Å²) in [5, 5.41) is 0.950. The Hall–Kier alpha value is -0.760. The molecule has 0 amide bonds. The first kappa shape index (κ1) is 9.78. The average molecular weight is 207 g/mol. The van der Waals surface area contributed by atoms with E-state index in [9.17, 15) is 0 Å². The van der Waals surface area contributed by atoms with Gasteiger partial charge in [0.2, 0.25) is 0 Å². The van der Waals surface area contributed by atoms with Gasteiger partial charge in [0.05, 0.1) is 5.00 Å². The molecule has 0 saturated heterocycles. The Morgan fingerprint density at radius 2 is 2.14 bits per heavy atom. The molecule has 1 aliphatic rings. The number of hydrogen-bond donors (Lipinski definition) is 1. The summed E-state index contributed by atoms with van der Waals surface area (Å²) in [6.07, 6.45) is 3.89. The lowest BCUT2D eigenvalue weighted by Crippen LogP contribution is -1.91. The Morgan fingerprint density at radius 3 is 2.57 bits per heavy atom. The van der Waals surface area contributed by atoms with Crippen LogP contribution in [-0.4, -0.2) is 0 Å². The highest BCUT2D eigenvalue weighted by atomic mass is 32.1. The van der Waals surface area contributed by atoms with E-state index in [-0.39, 0.29) is 0 Å². The molecule has 2 rings (SSSR count). The van der Waals surface area contributed by atoms with Crippen LogP contribution in [0.25, 0.3) is 5.57 Å². The number of aryl methyl sites for hydroxylation is 1. The van der Waals surface area contributed by atoms with Gasteiger partial charge in [0.25, 0.3) is 0 Å². The Bertz CT molecular complexity index is 372. The second kappa shape index (κ2) is 3.43. The second-order valence-corrected chi connectivity index (χ2v) is 5.53. The van der Waals surface area contributed by atoms with Crippen molar-refractivity contribution in [2.75, 3.05) is 5.73 Å². The van der Waals surface area contributed by atoms with E-state index in [4.69, 9.17) is 5.73 Å². The predicted octanol–water partition coefficient (Wildman–Crippen LogP) is 3.76. The van der Waals surface area contributed by atoms with Crippen LogP contribution in [0.4, 0.5) is 5.00 Å². The molecule has 1 heterocycles. The number of rotatable bonds is 3. The molecule has 0 radical (unpaired) electrons. The zero-order valence-electron chi connectivity index (χ0n) is 8.89. The van der Waals surface area contributed by atoms with E-state index in [1.165, 1.54) is 34.4 Å². The Balaban J connectivity index is 2.24. The van der Waals surface area contributed by atoms with Crippen molar-refractivity contribution in [2.24, 2.45) is 5.92 Å². The third-order valence-electron chi connectivity index (χ3n) is 3.00. The van der Waals surface area contributed by atoms with Crippen LogP contribution in [0.5, 0.6) is 0 Å². The van der Waals surface area contributed by atoms with E-state index >= 15 is 0 Å². The Morgan fingerprint density at radius 1 is 1.50 bits per heavy atom. The topological polar surface area (TPSA) is 26.0 Å². The fraction of sp³-hybridized carbons (Fsp3) is 0.500. The van der Waals surface area contributed by atoms with Crippen molar-refractivity contribution in [3.8, 4) is 0 Å². The van der Waals surface area contributed by atoms with Crippen molar-refractivity contribution < 1.29 is 0 Å². The molecule has 0 spiro atoms. The molecule has 2 heteroatoms. The lowest BCUT2D eigenvalue weighted by molar-refractivity contribution is 0.878. The third kappa shape index (κ3) is 1.71. The van der Waals surface area contributed by atoms with Crippen LogP contribution in [0.1, 0.15) is 35.3 Å². The van der Waals surface area contributed by atoms with E-state index in [1.54, 1.807) is 11.3 Å². The van der Waals surface area contributed by atoms with Crippen LogP contribution in [-0.2, 0) is 0 Å². The normalized spacial score (nSPS) is 15.9. The zero-order chi connectivity index (χ0) is 10.3. The predicted molar refractivity (Wildman–Crippen MR) is 64.6 cm³/mol. The highest BCUT2D eigenvalue weighted by molar-refractivity contribution is 7.16. The first-order chi connectivity index (χ1) is 6.59. The highest BCUT2D eigenvalue weighted by Crippen LogP contribution is 2.42. The minimum Gasteiger partial charge on any atom is -0.390 e. The molecule has 0 unspecified atom stereocenters. The van der Waals surface area contributed by atoms with Crippen molar-refractivity contribution in [3.63, 3.8) is 0 Å². The largest absolute Gasteiger partial charge is 0.390 e. The van der Waals surface area contributed by atoms with Gasteiger partial charge >= 0.3 is 0 Å². The molecular weight excluding hydrogens is 190 g/mol. The van der Waals surface area contributed by atoms with Crippen molar-refractivity contribution in [2.45, 2.75) is 33.1 Å². The average Bonchev–Trinajstić information content (AvgIpc) is 2.83. The minimum atomic E-state index is 0.890. The minimum absolute atomic E-state index is 0.890. The summed E-state index contributed by atoms with van der Waals surface area (Å²) in [5.74, 6) is 0.890. The second-order valence-electron chi connectivity index (χ2n) is 4.27. The first-order valence-electron chi connectivity index (χ1n) is 5.13. The van der Waals surface area contributed by atoms with E-state index < -0.39 is 0 Å². The molecule has 1 aliphatic carbocycles. The molecular formula is C12H17NS. The summed E-state index contributed by atoms with van der Waals surface area (Å²) in [4.78, 5) is 1.33. The molecule has 1 fully saturated rings. The lowest BCUT2D eigenvalue weighted by atomic mass is 10.00. The molecule has 0 aromatic carbocycles. The molecule has 0 bridgehead atoms. The number of anilines is 1.